The first-order chi connectivity index (χ1) is 9.61. The lowest BCUT2D eigenvalue weighted by atomic mass is 10.3. The van der Waals surface area contributed by atoms with E-state index in [0.717, 1.165) is 16.5 Å². The van der Waals surface area contributed by atoms with Gasteiger partial charge >= 0.3 is 0 Å². The van der Waals surface area contributed by atoms with Crippen LogP contribution in [0, 0.1) is 0 Å². The molecule has 0 spiro atoms. The van der Waals surface area contributed by atoms with Gasteiger partial charge in [-0.15, -0.1) is 11.3 Å². The Hall–Kier alpha value is -0.0131. The van der Waals surface area contributed by atoms with Gasteiger partial charge in [-0.05, 0) is 55.4 Å². The molecule has 0 aliphatic carbocycles. The van der Waals surface area contributed by atoms with E-state index in [-0.39, 0.29) is 0 Å². The van der Waals surface area contributed by atoms with Crippen LogP contribution in [-0.2, 0) is 4.43 Å². The number of benzene rings is 1. The second-order valence-corrected chi connectivity index (χ2v) is 13.2. The molecule has 2 aromatic rings. The lowest BCUT2D eigenvalue weighted by molar-refractivity contribution is 0.328. The first-order valence-corrected chi connectivity index (χ1v) is 13.1. The standard InChI is InChI=1S/C14H21NOS3Si/c1-4-16-20(2,3)11-7-10-17-19-14-15-12-8-5-6-9-13(12)18-14/h5-6,8-9H,4,7,10-11H2,1-3H3. The molecular weight excluding hydrogens is 322 g/mol. The zero-order valence-corrected chi connectivity index (χ0v) is 15.7. The number of aromatic nitrogens is 1. The lowest BCUT2D eigenvalue weighted by Crippen LogP contribution is -2.30. The molecule has 0 amide bonds. The molecule has 0 radical (unpaired) electrons. The number of fused-ring (bicyclic) bond motifs is 1. The monoisotopic (exact) mass is 343 g/mol. The molecule has 0 bridgehead atoms. The molecule has 2 nitrogen and oxygen atoms in total. The summed E-state index contributed by atoms with van der Waals surface area (Å²) < 4.78 is 8.29. The van der Waals surface area contributed by atoms with Crippen LogP contribution in [0.5, 0.6) is 0 Å². The molecule has 20 heavy (non-hydrogen) atoms. The highest BCUT2D eigenvalue weighted by Crippen LogP contribution is 2.37. The number of rotatable bonds is 8. The van der Waals surface area contributed by atoms with Gasteiger partial charge < -0.3 is 4.43 Å². The fourth-order valence-electron chi connectivity index (χ4n) is 2.00. The number of thiazole rings is 1. The van der Waals surface area contributed by atoms with E-state index in [4.69, 9.17) is 4.43 Å². The van der Waals surface area contributed by atoms with Crippen LogP contribution < -0.4 is 0 Å². The zero-order chi connectivity index (χ0) is 14.4. The van der Waals surface area contributed by atoms with Crippen LogP contribution in [0.25, 0.3) is 10.2 Å². The average Bonchev–Trinajstić information content (AvgIpc) is 2.80. The maximum atomic E-state index is 5.85. The van der Waals surface area contributed by atoms with Crippen molar-refractivity contribution in [2.75, 3.05) is 12.4 Å². The number of nitrogens with zero attached hydrogens (tertiary/aromatic N) is 1. The van der Waals surface area contributed by atoms with Crippen LogP contribution in [0.4, 0.5) is 0 Å². The molecule has 0 saturated heterocycles. The summed E-state index contributed by atoms with van der Waals surface area (Å²) in [5, 5.41) is 0. The highest BCUT2D eigenvalue weighted by atomic mass is 33.1. The van der Waals surface area contributed by atoms with Gasteiger partial charge in [-0.3, -0.25) is 0 Å². The van der Waals surface area contributed by atoms with Gasteiger partial charge in [-0.1, -0.05) is 22.9 Å². The van der Waals surface area contributed by atoms with Gasteiger partial charge in [-0.25, -0.2) is 4.98 Å². The summed E-state index contributed by atoms with van der Waals surface area (Å²) in [5.74, 6) is 1.17. The average molecular weight is 344 g/mol. The summed E-state index contributed by atoms with van der Waals surface area (Å²) in [6, 6.07) is 9.58. The number of hydrogen-bond donors (Lipinski definition) is 0. The second-order valence-electron chi connectivity index (χ2n) is 5.15. The summed E-state index contributed by atoms with van der Waals surface area (Å²) in [6.45, 7) is 7.56. The van der Waals surface area contributed by atoms with E-state index in [1.54, 1.807) is 11.3 Å². The minimum atomic E-state index is -1.39. The Bertz CT molecular complexity index is 511. The molecule has 0 saturated carbocycles. The van der Waals surface area contributed by atoms with Gasteiger partial charge in [0.05, 0.1) is 10.2 Å². The molecule has 0 aliphatic heterocycles. The Morgan fingerprint density at radius 1 is 1.30 bits per heavy atom. The molecule has 0 fully saturated rings. The van der Waals surface area contributed by atoms with Crippen LogP contribution in [-0.4, -0.2) is 25.7 Å². The third kappa shape index (κ3) is 5.07. The van der Waals surface area contributed by atoms with Crippen LogP contribution in [0.3, 0.4) is 0 Å². The third-order valence-electron chi connectivity index (χ3n) is 2.95. The van der Waals surface area contributed by atoms with Gasteiger partial charge in [0.2, 0.25) is 0 Å². The normalized spacial score (nSPS) is 12.2. The summed E-state index contributed by atoms with van der Waals surface area (Å²) in [4.78, 5) is 4.63. The van der Waals surface area contributed by atoms with Crippen molar-refractivity contribution in [1.29, 1.82) is 0 Å². The molecule has 1 aromatic carbocycles. The third-order valence-corrected chi connectivity index (χ3v) is 9.36. The highest BCUT2D eigenvalue weighted by Gasteiger charge is 2.20. The summed E-state index contributed by atoms with van der Waals surface area (Å²) in [5.41, 5.74) is 1.12. The molecule has 0 unspecified atom stereocenters. The van der Waals surface area contributed by atoms with Crippen molar-refractivity contribution < 1.29 is 4.43 Å². The summed E-state index contributed by atoms with van der Waals surface area (Å²) >= 11 is 1.78. The second kappa shape index (κ2) is 7.84. The largest absolute Gasteiger partial charge is 0.418 e. The smallest absolute Gasteiger partial charge is 0.186 e. The van der Waals surface area contributed by atoms with Crippen LogP contribution in [0.2, 0.25) is 19.1 Å². The molecule has 0 atom stereocenters. The van der Waals surface area contributed by atoms with Crippen molar-refractivity contribution in [2.45, 2.75) is 36.8 Å². The first-order valence-electron chi connectivity index (χ1n) is 6.90. The van der Waals surface area contributed by atoms with Gasteiger partial charge in [0, 0.05) is 12.4 Å². The Kier molecular flexibility index (Phi) is 6.41. The minimum Gasteiger partial charge on any atom is -0.418 e. The quantitative estimate of drug-likeness (QED) is 0.350. The van der Waals surface area contributed by atoms with E-state index >= 15 is 0 Å². The van der Waals surface area contributed by atoms with Gasteiger partial charge in [0.25, 0.3) is 0 Å². The first kappa shape index (κ1) is 16.4. The van der Waals surface area contributed by atoms with Crippen LogP contribution in [0.1, 0.15) is 13.3 Å². The van der Waals surface area contributed by atoms with E-state index < -0.39 is 8.32 Å². The Morgan fingerprint density at radius 3 is 2.85 bits per heavy atom. The van der Waals surface area contributed by atoms with Gasteiger partial charge in [-0.2, -0.15) is 0 Å². The molecular formula is C14H21NOS3Si. The number of hydrogen-bond acceptors (Lipinski definition) is 5. The maximum Gasteiger partial charge on any atom is 0.186 e. The molecule has 110 valence electrons. The van der Waals surface area contributed by atoms with E-state index in [1.165, 1.54) is 22.9 Å². The summed E-state index contributed by atoms with van der Waals surface area (Å²) in [7, 11) is 2.33. The van der Waals surface area contributed by atoms with Crippen molar-refractivity contribution in [3.63, 3.8) is 0 Å². The summed E-state index contributed by atoms with van der Waals surface area (Å²) in [6.07, 6.45) is 1.24. The van der Waals surface area contributed by atoms with Crippen molar-refractivity contribution in [1.82, 2.24) is 4.98 Å². The topological polar surface area (TPSA) is 22.1 Å². The van der Waals surface area contributed by atoms with E-state index in [2.05, 4.69) is 43.2 Å². The molecule has 0 aliphatic rings. The van der Waals surface area contributed by atoms with Gasteiger partial charge in [0.1, 0.15) is 0 Å². The molecule has 6 heteroatoms. The highest BCUT2D eigenvalue weighted by molar-refractivity contribution is 8.77. The Morgan fingerprint density at radius 2 is 2.10 bits per heavy atom. The number of para-hydroxylation sites is 1. The molecule has 2 rings (SSSR count). The van der Waals surface area contributed by atoms with Crippen molar-refractivity contribution in [3.05, 3.63) is 24.3 Å². The van der Waals surface area contributed by atoms with Crippen LogP contribution in [0.15, 0.2) is 28.6 Å². The predicted octanol–water partition coefficient (Wildman–Crippen LogP) is 5.67. The van der Waals surface area contributed by atoms with Gasteiger partial charge in [0.15, 0.2) is 12.7 Å². The maximum absolute atomic E-state index is 5.85. The predicted molar refractivity (Wildman–Crippen MR) is 96.5 cm³/mol. The van der Waals surface area contributed by atoms with E-state index in [1.807, 2.05) is 27.7 Å². The minimum absolute atomic E-state index is 0.854. The molecule has 1 heterocycles. The fourth-order valence-corrected chi connectivity index (χ4v) is 7.65. The van der Waals surface area contributed by atoms with E-state index in [9.17, 15) is 0 Å². The fraction of sp³-hybridized carbons (Fsp3) is 0.500. The van der Waals surface area contributed by atoms with Crippen LogP contribution >= 0.6 is 32.9 Å². The Labute approximate surface area is 134 Å². The van der Waals surface area contributed by atoms with E-state index in [0.29, 0.717) is 0 Å². The SMILES string of the molecule is CCO[Si](C)(C)CCCSSc1nc2ccccc2s1. The Balaban J connectivity index is 1.71. The molecule has 1 aromatic heterocycles. The van der Waals surface area contributed by atoms with Crippen molar-refractivity contribution in [3.8, 4) is 0 Å². The lowest BCUT2D eigenvalue weighted by Gasteiger charge is -2.21. The molecule has 0 N–H and O–H groups in total. The van der Waals surface area contributed by atoms with Crippen molar-refractivity contribution in [2.24, 2.45) is 0 Å². The zero-order valence-electron chi connectivity index (χ0n) is 12.2. The van der Waals surface area contributed by atoms with Crippen molar-refractivity contribution >= 4 is 51.5 Å².